The maximum Gasteiger partial charge on any atom is 0.136 e. The van der Waals surface area contributed by atoms with Gasteiger partial charge in [0.2, 0.25) is 0 Å². The highest BCUT2D eigenvalue weighted by atomic mass is 16.5. The lowest BCUT2D eigenvalue weighted by molar-refractivity contribution is -0.281. The Kier molecular flexibility index (Phi) is 16.4. The summed E-state index contributed by atoms with van der Waals surface area (Å²) in [6.45, 7) is 2.99. The van der Waals surface area contributed by atoms with Gasteiger partial charge in [-0.25, -0.2) is 0 Å². The molecule has 9 nitrogen and oxygen atoms in total. The number of Topliss-reactive ketones (excluding diaryl/α,β-unsaturated/α-hetero) is 1. The summed E-state index contributed by atoms with van der Waals surface area (Å²) in [6, 6.07) is 0.537. The Hall–Kier alpha value is -0.650. The van der Waals surface area contributed by atoms with Crippen LogP contribution >= 0.6 is 0 Å². The second-order valence-electron chi connectivity index (χ2n) is 15.5. The zero-order valence-corrected chi connectivity index (χ0v) is 29.0. The van der Waals surface area contributed by atoms with E-state index in [-0.39, 0.29) is 29.6 Å². The van der Waals surface area contributed by atoms with Crippen molar-refractivity contribution in [3.63, 3.8) is 0 Å². The van der Waals surface area contributed by atoms with Gasteiger partial charge in [-0.1, -0.05) is 84.5 Å². The standard InChI is InChI=1S/C18H34N2O2.C15H25NO2.C3H9NO.CH4/c1-22-13-12-19-16-14-17(8-4-2-5-9-17)20(21)18(15-16)10-6-3-7-11-18;17-13-11-14(7-3-1-4-8-14)16(18)15(12-13)9-5-2-6-10-15;1-5-3-2-4;/h16,19,21H,2-15H2,1H3;18H,1-12H2;2-4H2,1H3;1H4. The van der Waals surface area contributed by atoms with Gasteiger partial charge in [0.05, 0.1) is 24.3 Å². The molecule has 9 heteroatoms. The number of hydrogen-bond donors (Lipinski definition) is 4. The normalized spacial score (nSPS) is 28.5. The Balaban J connectivity index is 0.000000217. The fraction of sp³-hybridized carbons (Fsp3) is 0.973. The van der Waals surface area contributed by atoms with E-state index in [4.69, 9.17) is 10.5 Å². The van der Waals surface area contributed by atoms with Crippen molar-refractivity contribution in [2.24, 2.45) is 5.73 Å². The molecule has 0 bridgehead atoms. The zero-order valence-electron chi connectivity index (χ0n) is 29.0. The van der Waals surface area contributed by atoms with Crippen LogP contribution in [-0.4, -0.2) is 95.0 Å². The van der Waals surface area contributed by atoms with Crippen LogP contribution in [0, 0.1) is 0 Å². The van der Waals surface area contributed by atoms with Gasteiger partial charge in [0.1, 0.15) is 5.78 Å². The highest BCUT2D eigenvalue weighted by Gasteiger charge is 2.55. The Morgan fingerprint density at radius 2 is 1.00 bits per heavy atom. The molecule has 6 aliphatic rings. The van der Waals surface area contributed by atoms with Gasteiger partial charge >= 0.3 is 0 Å². The van der Waals surface area contributed by atoms with E-state index in [1.54, 1.807) is 19.3 Å². The number of nitrogens with zero attached hydrogens (tertiary/aromatic N) is 2. The quantitative estimate of drug-likeness (QED) is 0.222. The molecule has 2 saturated heterocycles. The van der Waals surface area contributed by atoms with Crippen molar-refractivity contribution >= 4 is 5.78 Å². The van der Waals surface area contributed by atoms with Crippen LogP contribution in [0.3, 0.4) is 0 Å². The van der Waals surface area contributed by atoms with Crippen molar-refractivity contribution in [1.82, 2.24) is 15.4 Å². The number of hydrogen-bond acceptors (Lipinski definition) is 9. The molecular weight excluding hydrogens is 580 g/mol. The molecule has 2 heterocycles. The van der Waals surface area contributed by atoms with Crippen molar-refractivity contribution in [2.45, 2.75) is 190 Å². The number of hydroxylamine groups is 4. The molecular formula is C37H72N4O5. The molecule has 0 atom stereocenters. The second-order valence-corrected chi connectivity index (χ2v) is 15.5. The molecule has 0 amide bonds. The third-order valence-corrected chi connectivity index (χ3v) is 12.3. The summed E-state index contributed by atoms with van der Waals surface area (Å²) in [5.41, 5.74) is 4.69. The molecule has 0 aromatic heterocycles. The first-order valence-corrected chi connectivity index (χ1v) is 18.7. The van der Waals surface area contributed by atoms with Gasteiger partial charge in [-0.05, 0) is 64.2 Å². The van der Waals surface area contributed by atoms with E-state index in [9.17, 15) is 15.2 Å². The molecule has 0 radical (unpaired) electrons. The lowest BCUT2D eigenvalue weighted by Gasteiger charge is -2.59. The van der Waals surface area contributed by atoms with E-state index in [0.717, 1.165) is 51.7 Å². The van der Waals surface area contributed by atoms with Gasteiger partial charge in [0.25, 0.3) is 0 Å². The molecule has 270 valence electrons. The van der Waals surface area contributed by atoms with Crippen LogP contribution in [0.1, 0.15) is 162 Å². The van der Waals surface area contributed by atoms with Crippen LogP contribution in [0.15, 0.2) is 0 Å². The van der Waals surface area contributed by atoms with E-state index >= 15 is 0 Å². The number of piperidine rings is 2. The summed E-state index contributed by atoms with van der Waals surface area (Å²) in [6.07, 6.45) is 27.1. The largest absolute Gasteiger partial charge is 0.383 e. The van der Waals surface area contributed by atoms with Gasteiger partial charge in [0.15, 0.2) is 0 Å². The van der Waals surface area contributed by atoms with E-state index in [1.807, 2.05) is 5.06 Å². The first kappa shape index (κ1) is 39.8. The zero-order chi connectivity index (χ0) is 32.2. The van der Waals surface area contributed by atoms with Crippen molar-refractivity contribution in [1.29, 1.82) is 0 Å². The number of nitrogens with two attached hydrogens (primary N) is 1. The highest BCUT2D eigenvalue weighted by molar-refractivity contribution is 5.82. The van der Waals surface area contributed by atoms with Gasteiger partial charge in [-0.3, -0.25) is 4.79 Å². The van der Waals surface area contributed by atoms with Crippen LogP contribution in [-0.2, 0) is 14.3 Å². The molecule has 46 heavy (non-hydrogen) atoms. The predicted octanol–water partition coefficient (Wildman–Crippen LogP) is 7.16. The Labute approximate surface area is 281 Å². The summed E-state index contributed by atoms with van der Waals surface area (Å²) < 4.78 is 9.77. The minimum atomic E-state index is -0.203. The second kappa shape index (κ2) is 18.9. The van der Waals surface area contributed by atoms with Crippen LogP contribution < -0.4 is 11.1 Å². The molecule has 0 aromatic carbocycles. The van der Waals surface area contributed by atoms with Crippen LogP contribution in [0.2, 0.25) is 0 Å². The van der Waals surface area contributed by atoms with Gasteiger partial charge in [-0.15, -0.1) is 0 Å². The highest BCUT2D eigenvalue weighted by Crippen LogP contribution is 2.51. The fourth-order valence-corrected chi connectivity index (χ4v) is 10.2. The lowest BCUT2D eigenvalue weighted by atomic mass is 9.65. The van der Waals surface area contributed by atoms with Gasteiger partial charge in [-0.2, -0.15) is 10.1 Å². The Morgan fingerprint density at radius 3 is 1.33 bits per heavy atom. The maximum atomic E-state index is 12.2. The number of carbonyl (C=O) groups excluding carboxylic acids is 1. The number of ether oxygens (including phenoxy) is 2. The SMILES string of the molecule is C.COCCN.COCCNC1CC2(CCCCC2)N(O)C2(CCCCC2)C1.O=C1CC2(CCCCC2)N(O)C2(CCCCC2)C1. The summed E-state index contributed by atoms with van der Waals surface area (Å²) in [5, 5.41) is 29.4. The Bertz CT molecular complexity index is 804. The van der Waals surface area contributed by atoms with Crippen LogP contribution in [0.4, 0.5) is 0 Å². The number of ketones is 1. The van der Waals surface area contributed by atoms with E-state index in [0.29, 0.717) is 37.8 Å². The third kappa shape index (κ3) is 9.52. The average Bonchev–Trinajstić information content (AvgIpc) is 3.06. The van der Waals surface area contributed by atoms with Crippen molar-refractivity contribution in [3.05, 3.63) is 0 Å². The molecule has 0 aromatic rings. The van der Waals surface area contributed by atoms with Crippen LogP contribution in [0.5, 0.6) is 0 Å². The summed E-state index contributed by atoms with van der Waals surface area (Å²) in [4.78, 5) is 12.2. The molecule has 4 spiro atoms. The van der Waals surface area contributed by atoms with Crippen molar-refractivity contribution < 1.29 is 24.7 Å². The minimum absolute atomic E-state index is 0. The van der Waals surface area contributed by atoms with Crippen molar-refractivity contribution in [3.8, 4) is 0 Å². The van der Waals surface area contributed by atoms with Crippen LogP contribution in [0.25, 0.3) is 0 Å². The average molecular weight is 653 g/mol. The molecule has 6 fully saturated rings. The molecule has 6 rings (SSSR count). The first-order chi connectivity index (χ1) is 21.8. The van der Waals surface area contributed by atoms with Crippen molar-refractivity contribution in [2.75, 3.05) is 40.5 Å². The monoisotopic (exact) mass is 653 g/mol. The summed E-state index contributed by atoms with van der Waals surface area (Å²) >= 11 is 0. The summed E-state index contributed by atoms with van der Waals surface area (Å²) in [7, 11) is 3.40. The summed E-state index contributed by atoms with van der Waals surface area (Å²) in [5.74, 6) is 0.393. The molecule has 0 unspecified atom stereocenters. The fourth-order valence-electron chi connectivity index (χ4n) is 10.2. The molecule has 2 aliphatic heterocycles. The topological polar surface area (TPSA) is 121 Å². The number of nitrogens with one attached hydrogen (secondary N) is 1. The predicted molar refractivity (Wildman–Crippen MR) is 185 cm³/mol. The van der Waals surface area contributed by atoms with Gasteiger partial charge in [0, 0.05) is 57.3 Å². The molecule has 4 aliphatic carbocycles. The number of carbonyl (C=O) groups is 1. The van der Waals surface area contributed by atoms with E-state index < -0.39 is 0 Å². The smallest absolute Gasteiger partial charge is 0.136 e. The number of rotatable bonds is 6. The van der Waals surface area contributed by atoms with E-state index in [2.05, 4.69) is 10.1 Å². The number of methoxy groups -OCH3 is 2. The molecule has 4 saturated carbocycles. The maximum absolute atomic E-state index is 12.2. The third-order valence-electron chi connectivity index (χ3n) is 12.3. The van der Waals surface area contributed by atoms with E-state index in [1.165, 1.54) is 103 Å². The molecule has 5 N–H and O–H groups in total. The first-order valence-electron chi connectivity index (χ1n) is 18.7. The minimum Gasteiger partial charge on any atom is -0.383 e. The van der Waals surface area contributed by atoms with Gasteiger partial charge < -0.3 is 30.9 Å². The lowest BCUT2D eigenvalue weighted by Crippen LogP contribution is -2.67. The Morgan fingerprint density at radius 1 is 0.652 bits per heavy atom.